The predicted molar refractivity (Wildman–Crippen MR) is 66.9 cm³/mol. The molecule has 3 nitrogen and oxygen atoms in total. The molecule has 0 saturated heterocycles. The van der Waals surface area contributed by atoms with E-state index < -0.39 is 0 Å². The summed E-state index contributed by atoms with van der Waals surface area (Å²) in [5, 5.41) is 9.72. The Balaban J connectivity index is 1.66. The first-order valence-corrected chi connectivity index (χ1v) is 6.98. The lowest BCUT2D eigenvalue weighted by molar-refractivity contribution is 0.0321. The molecule has 2 saturated carbocycles. The zero-order valence-electron chi connectivity index (χ0n) is 11.0. The highest BCUT2D eigenvalue weighted by molar-refractivity contribution is 4.99. The van der Waals surface area contributed by atoms with E-state index in [4.69, 9.17) is 9.47 Å². The first-order valence-electron chi connectivity index (χ1n) is 6.98. The normalized spacial score (nSPS) is 35.6. The fourth-order valence-corrected chi connectivity index (χ4v) is 3.91. The van der Waals surface area contributed by atoms with Crippen molar-refractivity contribution in [3.63, 3.8) is 0 Å². The van der Waals surface area contributed by atoms with Gasteiger partial charge in [0.25, 0.3) is 0 Å². The summed E-state index contributed by atoms with van der Waals surface area (Å²) in [6.07, 6.45) is 7.58. The third-order valence-electron chi connectivity index (χ3n) is 4.81. The van der Waals surface area contributed by atoms with Gasteiger partial charge in [0, 0.05) is 20.3 Å². The zero-order valence-corrected chi connectivity index (χ0v) is 11.0. The molecular formula is C14H26O3. The van der Waals surface area contributed by atoms with Crippen molar-refractivity contribution >= 4 is 0 Å². The number of ether oxygens (including phenoxy) is 2. The van der Waals surface area contributed by atoms with Crippen LogP contribution in [0.15, 0.2) is 0 Å². The number of aliphatic hydroxyl groups is 1. The van der Waals surface area contributed by atoms with Crippen LogP contribution in [0.3, 0.4) is 0 Å². The van der Waals surface area contributed by atoms with Crippen molar-refractivity contribution in [2.45, 2.75) is 38.5 Å². The fraction of sp³-hybridized carbons (Fsp3) is 1.00. The van der Waals surface area contributed by atoms with Crippen LogP contribution in [0, 0.1) is 17.3 Å². The third-order valence-corrected chi connectivity index (χ3v) is 4.81. The molecule has 0 spiro atoms. The SMILES string of the molecule is COCCOCCCC1(CO)CC2CCC1C2. The van der Waals surface area contributed by atoms with Crippen LogP contribution in [-0.2, 0) is 9.47 Å². The molecule has 2 bridgehead atoms. The Morgan fingerprint density at radius 1 is 1.24 bits per heavy atom. The van der Waals surface area contributed by atoms with Crippen molar-refractivity contribution in [1.29, 1.82) is 0 Å². The molecule has 3 atom stereocenters. The van der Waals surface area contributed by atoms with Gasteiger partial charge in [-0.2, -0.15) is 0 Å². The summed E-state index contributed by atoms with van der Waals surface area (Å²) in [6, 6.07) is 0. The minimum Gasteiger partial charge on any atom is -0.396 e. The summed E-state index contributed by atoms with van der Waals surface area (Å²) in [5.41, 5.74) is 0.244. The highest BCUT2D eigenvalue weighted by atomic mass is 16.5. The second kappa shape index (κ2) is 6.17. The van der Waals surface area contributed by atoms with Crippen LogP contribution in [0.4, 0.5) is 0 Å². The van der Waals surface area contributed by atoms with E-state index in [1.165, 1.54) is 25.7 Å². The average molecular weight is 242 g/mol. The number of hydrogen-bond acceptors (Lipinski definition) is 3. The summed E-state index contributed by atoms with van der Waals surface area (Å²) < 4.78 is 10.4. The Hall–Kier alpha value is -0.120. The topological polar surface area (TPSA) is 38.7 Å². The summed E-state index contributed by atoms with van der Waals surface area (Å²) in [7, 11) is 1.69. The van der Waals surface area contributed by atoms with E-state index in [9.17, 15) is 5.11 Å². The standard InChI is InChI=1S/C14H26O3/c1-16-7-8-17-6-2-5-14(11-15)10-12-3-4-13(14)9-12/h12-13,15H,2-11H2,1H3. The van der Waals surface area contributed by atoms with Crippen molar-refractivity contribution in [2.24, 2.45) is 17.3 Å². The Morgan fingerprint density at radius 2 is 2.12 bits per heavy atom. The second-order valence-electron chi connectivity index (χ2n) is 5.81. The Morgan fingerprint density at radius 3 is 2.71 bits per heavy atom. The third kappa shape index (κ3) is 3.01. The average Bonchev–Trinajstić information content (AvgIpc) is 2.94. The number of methoxy groups -OCH3 is 1. The van der Waals surface area contributed by atoms with Crippen molar-refractivity contribution in [3.05, 3.63) is 0 Å². The van der Waals surface area contributed by atoms with E-state index in [0.29, 0.717) is 19.8 Å². The maximum Gasteiger partial charge on any atom is 0.0700 e. The van der Waals surface area contributed by atoms with Crippen LogP contribution in [-0.4, -0.2) is 38.6 Å². The molecule has 3 unspecified atom stereocenters. The molecule has 0 heterocycles. The maximum atomic E-state index is 9.72. The van der Waals surface area contributed by atoms with Gasteiger partial charge in [0.05, 0.1) is 13.2 Å². The molecule has 3 heteroatoms. The van der Waals surface area contributed by atoms with Gasteiger partial charge in [-0.3, -0.25) is 0 Å². The van der Waals surface area contributed by atoms with E-state index in [-0.39, 0.29) is 5.41 Å². The molecule has 1 N–H and O–H groups in total. The van der Waals surface area contributed by atoms with Gasteiger partial charge in [-0.05, 0) is 49.4 Å². The molecule has 2 rings (SSSR count). The molecule has 2 aliphatic carbocycles. The van der Waals surface area contributed by atoms with Crippen LogP contribution >= 0.6 is 0 Å². The van der Waals surface area contributed by atoms with E-state index >= 15 is 0 Å². The molecule has 0 aromatic heterocycles. The lowest BCUT2D eigenvalue weighted by Gasteiger charge is -2.36. The quantitative estimate of drug-likeness (QED) is 0.663. The van der Waals surface area contributed by atoms with Gasteiger partial charge in [-0.15, -0.1) is 0 Å². The van der Waals surface area contributed by atoms with Crippen molar-refractivity contribution in [1.82, 2.24) is 0 Å². The Labute approximate surface area is 104 Å². The molecule has 0 amide bonds. The van der Waals surface area contributed by atoms with Gasteiger partial charge in [0.2, 0.25) is 0 Å². The van der Waals surface area contributed by atoms with Crippen LogP contribution in [0.5, 0.6) is 0 Å². The van der Waals surface area contributed by atoms with E-state index in [1.54, 1.807) is 7.11 Å². The van der Waals surface area contributed by atoms with Gasteiger partial charge in [0.15, 0.2) is 0 Å². The van der Waals surface area contributed by atoms with Crippen molar-refractivity contribution < 1.29 is 14.6 Å². The number of fused-ring (bicyclic) bond motifs is 2. The Kier molecular flexibility index (Phi) is 4.83. The number of rotatable bonds is 8. The van der Waals surface area contributed by atoms with Gasteiger partial charge < -0.3 is 14.6 Å². The Bertz CT molecular complexity index is 232. The van der Waals surface area contributed by atoms with Gasteiger partial charge in [-0.25, -0.2) is 0 Å². The maximum absolute atomic E-state index is 9.72. The highest BCUT2D eigenvalue weighted by Gasteiger charge is 2.49. The summed E-state index contributed by atoms with van der Waals surface area (Å²) >= 11 is 0. The molecule has 0 radical (unpaired) electrons. The molecule has 0 aromatic carbocycles. The fourth-order valence-electron chi connectivity index (χ4n) is 3.91. The molecule has 2 aliphatic rings. The smallest absolute Gasteiger partial charge is 0.0700 e. The van der Waals surface area contributed by atoms with Gasteiger partial charge >= 0.3 is 0 Å². The molecule has 100 valence electrons. The van der Waals surface area contributed by atoms with Gasteiger partial charge in [-0.1, -0.05) is 6.42 Å². The van der Waals surface area contributed by atoms with Crippen LogP contribution in [0.25, 0.3) is 0 Å². The van der Waals surface area contributed by atoms with Crippen LogP contribution in [0.1, 0.15) is 38.5 Å². The van der Waals surface area contributed by atoms with E-state index in [0.717, 1.165) is 31.3 Å². The largest absolute Gasteiger partial charge is 0.396 e. The minimum absolute atomic E-state index is 0.244. The van der Waals surface area contributed by atoms with E-state index in [2.05, 4.69) is 0 Å². The lowest BCUT2D eigenvalue weighted by atomic mass is 9.71. The molecule has 17 heavy (non-hydrogen) atoms. The first kappa shape index (κ1) is 13.3. The highest BCUT2D eigenvalue weighted by Crippen LogP contribution is 2.57. The van der Waals surface area contributed by atoms with E-state index in [1.807, 2.05) is 0 Å². The monoisotopic (exact) mass is 242 g/mol. The van der Waals surface area contributed by atoms with Crippen molar-refractivity contribution in [2.75, 3.05) is 33.5 Å². The van der Waals surface area contributed by atoms with Gasteiger partial charge in [0.1, 0.15) is 0 Å². The second-order valence-corrected chi connectivity index (χ2v) is 5.81. The number of aliphatic hydroxyl groups excluding tert-OH is 1. The molecule has 0 aliphatic heterocycles. The minimum atomic E-state index is 0.244. The summed E-state index contributed by atoms with van der Waals surface area (Å²) in [4.78, 5) is 0. The first-order chi connectivity index (χ1) is 8.30. The zero-order chi connectivity index (χ0) is 12.1. The lowest BCUT2D eigenvalue weighted by Crippen LogP contribution is -2.32. The molecule has 0 aromatic rings. The van der Waals surface area contributed by atoms with Crippen molar-refractivity contribution in [3.8, 4) is 0 Å². The number of hydrogen-bond donors (Lipinski definition) is 1. The van der Waals surface area contributed by atoms with Crippen LogP contribution in [0.2, 0.25) is 0 Å². The summed E-state index contributed by atoms with van der Waals surface area (Å²) in [5.74, 6) is 1.69. The molecular weight excluding hydrogens is 216 g/mol. The summed E-state index contributed by atoms with van der Waals surface area (Å²) in [6.45, 7) is 2.55. The predicted octanol–water partition coefficient (Wildman–Crippen LogP) is 2.23. The van der Waals surface area contributed by atoms with Crippen LogP contribution < -0.4 is 0 Å². The molecule has 2 fully saturated rings.